The maximum Gasteiger partial charge on any atom is 0.123 e. The van der Waals surface area contributed by atoms with E-state index in [1.165, 1.54) is 12.1 Å². The summed E-state index contributed by atoms with van der Waals surface area (Å²) in [6.45, 7) is 8.04. The van der Waals surface area contributed by atoms with Gasteiger partial charge < -0.3 is 10.1 Å². The van der Waals surface area contributed by atoms with Crippen LogP contribution in [0, 0.1) is 5.82 Å². The molecule has 2 atom stereocenters. The van der Waals surface area contributed by atoms with E-state index in [1.807, 2.05) is 19.1 Å². The summed E-state index contributed by atoms with van der Waals surface area (Å²) in [7, 11) is 0. The molecule has 0 aliphatic rings. The molecule has 1 aromatic rings. The molecule has 108 valence electrons. The molecule has 0 fully saturated rings. The van der Waals surface area contributed by atoms with Crippen molar-refractivity contribution in [1.29, 1.82) is 0 Å². The Balaban J connectivity index is 2.69. The third-order valence-electron chi connectivity index (χ3n) is 3.26. The third-order valence-corrected chi connectivity index (χ3v) is 3.26. The van der Waals surface area contributed by atoms with Crippen molar-refractivity contribution in [2.75, 3.05) is 13.2 Å². The zero-order valence-corrected chi connectivity index (χ0v) is 12.3. The monoisotopic (exact) mass is 267 g/mol. The minimum Gasteiger partial charge on any atom is -0.377 e. The second kappa shape index (κ2) is 9.05. The molecule has 0 bridgehead atoms. The van der Waals surface area contributed by atoms with Crippen molar-refractivity contribution in [2.45, 2.75) is 52.2 Å². The van der Waals surface area contributed by atoms with Gasteiger partial charge in [0, 0.05) is 12.6 Å². The first-order valence-electron chi connectivity index (χ1n) is 7.30. The van der Waals surface area contributed by atoms with Gasteiger partial charge >= 0.3 is 0 Å². The fourth-order valence-corrected chi connectivity index (χ4v) is 2.27. The van der Waals surface area contributed by atoms with E-state index < -0.39 is 0 Å². The molecule has 1 rings (SSSR count). The topological polar surface area (TPSA) is 21.3 Å². The fourth-order valence-electron chi connectivity index (χ4n) is 2.27. The first kappa shape index (κ1) is 16.1. The van der Waals surface area contributed by atoms with Crippen LogP contribution in [0.3, 0.4) is 0 Å². The van der Waals surface area contributed by atoms with E-state index in [2.05, 4.69) is 19.2 Å². The van der Waals surface area contributed by atoms with Crippen molar-refractivity contribution >= 4 is 0 Å². The van der Waals surface area contributed by atoms with E-state index in [1.54, 1.807) is 0 Å². The quantitative estimate of drug-likeness (QED) is 0.739. The predicted molar refractivity (Wildman–Crippen MR) is 77.9 cm³/mol. The van der Waals surface area contributed by atoms with Gasteiger partial charge in [-0.1, -0.05) is 26.0 Å². The zero-order valence-electron chi connectivity index (χ0n) is 12.3. The van der Waals surface area contributed by atoms with Gasteiger partial charge in [0.25, 0.3) is 0 Å². The van der Waals surface area contributed by atoms with Gasteiger partial charge in [0.1, 0.15) is 5.82 Å². The van der Waals surface area contributed by atoms with Crippen LogP contribution < -0.4 is 5.32 Å². The lowest BCUT2D eigenvalue weighted by molar-refractivity contribution is 0.0319. The number of rotatable bonds is 9. The number of ether oxygens (including phenoxy) is 1. The molecule has 2 unspecified atom stereocenters. The van der Waals surface area contributed by atoms with E-state index in [4.69, 9.17) is 4.74 Å². The third kappa shape index (κ3) is 5.70. The van der Waals surface area contributed by atoms with Crippen molar-refractivity contribution in [2.24, 2.45) is 0 Å². The highest BCUT2D eigenvalue weighted by molar-refractivity contribution is 5.17. The summed E-state index contributed by atoms with van der Waals surface area (Å²) in [4.78, 5) is 0. The van der Waals surface area contributed by atoms with Crippen LogP contribution in [0.1, 0.15) is 39.2 Å². The average molecular weight is 267 g/mol. The SMILES string of the molecule is CCCNC(Cc1ccc(F)cc1)C(CC)OCC. The van der Waals surface area contributed by atoms with E-state index in [-0.39, 0.29) is 18.0 Å². The van der Waals surface area contributed by atoms with E-state index in [0.717, 1.165) is 38.0 Å². The first-order chi connectivity index (χ1) is 9.21. The van der Waals surface area contributed by atoms with Crippen molar-refractivity contribution in [3.05, 3.63) is 35.6 Å². The highest BCUT2D eigenvalue weighted by Gasteiger charge is 2.19. The van der Waals surface area contributed by atoms with E-state index in [0.29, 0.717) is 0 Å². The molecule has 2 nitrogen and oxygen atoms in total. The van der Waals surface area contributed by atoms with E-state index in [9.17, 15) is 4.39 Å². The summed E-state index contributed by atoms with van der Waals surface area (Å²) < 4.78 is 18.7. The standard InChI is InChI=1S/C16H26FNO/c1-4-11-18-15(16(5-2)19-6-3)12-13-7-9-14(17)10-8-13/h7-10,15-16,18H,4-6,11-12H2,1-3H3. The molecule has 0 amide bonds. The largest absolute Gasteiger partial charge is 0.377 e. The summed E-state index contributed by atoms with van der Waals surface area (Å²) in [5, 5.41) is 3.55. The molecule has 0 saturated heterocycles. The minimum absolute atomic E-state index is 0.182. The molecule has 0 spiro atoms. The lowest BCUT2D eigenvalue weighted by atomic mass is 9.99. The first-order valence-corrected chi connectivity index (χ1v) is 7.30. The molecule has 0 radical (unpaired) electrons. The summed E-state index contributed by atoms with van der Waals surface area (Å²) in [6.07, 6.45) is 3.17. The summed E-state index contributed by atoms with van der Waals surface area (Å²) in [5.41, 5.74) is 1.15. The van der Waals surface area contributed by atoms with Crippen LogP contribution in [0.15, 0.2) is 24.3 Å². The highest BCUT2D eigenvalue weighted by atomic mass is 19.1. The lowest BCUT2D eigenvalue weighted by Gasteiger charge is -2.27. The Hall–Kier alpha value is -0.930. The number of benzene rings is 1. The summed E-state index contributed by atoms with van der Waals surface area (Å²) >= 11 is 0. The van der Waals surface area contributed by atoms with Crippen molar-refractivity contribution < 1.29 is 9.13 Å². The van der Waals surface area contributed by atoms with Crippen LogP contribution in [0.4, 0.5) is 4.39 Å². The van der Waals surface area contributed by atoms with Gasteiger partial charge in [-0.2, -0.15) is 0 Å². The average Bonchev–Trinajstić information content (AvgIpc) is 2.43. The smallest absolute Gasteiger partial charge is 0.123 e. The van der Waals surface area contributed by atoms with Crippen LogP contribution in [-0.2, 0) is 11.2 Å². The van der Waals surface area contributed by atoms with Crippen LogP contribution in [0.2, 0.25) is 0 Å². The van der Waals surface area contributed by atoms with Crippen LogP contribution in [0.5, 0.6) is 0 Å². The molecule has 0 aromatic heterocycles. The Bertz CT molecular complexity index is 339. The molecule has 0 saturated carbocycles. The van der Waals surface area contributed by atoms with Gasteiger partial charge in [0.2, 0.25) is 0 Å². The Labute approximate surface area is 116 Å². The molecule has 3 heteroatoms. The number of halogens is 1. The fraction of sp³-hybridized carbons (Fsp3) is 0.625. The van der Waals surface area contributed by atoms with Crippen LogP contribution in [0.25, 0.3) is 0 Å². The zero-order chi connectivity index (χ0) is 14.1. The van der Waals surface area contributed by atoms with Gasteiger partial charge in [-0.3, -0.25) is 0 Å². The molecule has 1 aromatic carbocycles. The van der Waals surface area contributed by atoms with Gasteiger partial charge in [0.15, 0.2) is 0 Å². The molecule has 0 heterocycles. The molecular formula is C16H26FNO. The second-order valence-electron chi connectivity index (χ2n) is 4.79. The van der Waals surface area contributed by atoms with Crippen molar-refractivity contribution in [3.8, 4) is 0 Å². The maximum absolute atomic E-state index is 12.9. The van der Waals surface area contributed by atoms with Crippen LogP contribution in [-0.4, -0.2) is 25.3 Å². The van der Waals surface area contributed by atoms with Crippen LogP contribution >= 0.6 is 0 Å². The Morgan fingerprint density at radius 2 is 1.84 bits per heavy atom. The van der Waals surface area contributed by atoms with E-state index >= 15 is 0 Å². The molecule has 19 heavy (non-hydrogen) atoms. The normalized spacial score (nSPS) is 14.3. The molecular weight excluding hydrogens is 241 g/mol. The highest BCUT2D eigenvalue weighted by Crippen LogP contribution is 2.12. The maximum atomic E-state index is 12.9. The molecule has 1 N–H and O–H groups in total. The molecule has 0 aliphatic carbocycles. The lowest BCUT2D eigenvalue weighted by Crippen LogP contribution is -2.43. The Morgan fingerprint density at radius 1 is 1.16 bits per heavy atom. The molecule has 0 aliphatic heterocycles. The summed E-state index contributed by atoms with van der Waals surface area (Å²) in [5.74, 6) is -0.182. The Morgan fingerprint density at radius 3 is 2.37 bits per heavy atom. The van der Waals surface area contributed by atoms with Crippen molar-refractivity contribution in [1.82, 2.24) is 5.32 Å². The van der Waals surface area contributed by atoms with Gasteiger partial charge in [-0.15, -0.1) is 0 Å². The minimum atomic E-state index is -0.182. The predicted octanol–water partition coefficient (Wildman–Crippen LogP) is 3.55. The van der Waals surface area contributed by atoms with Gasteiger partial charge in [-0.05, 0) is 50.4 Å². The number of hydrogen-bond donors (Lipinski definition) is 1. The summed E-state index contributed by atoms with van der Waals surface area (Å²) in [6, 6.07) is 7.04. The Kier molecular flexibility index (Phi) is 7.68. The van der Waals surface area contributed by atoms with Gasteiger partial charge in [-0.25, -0.2) is 4.39 Å². The number of hydrogen-bond acceptors (Lipinski definition) is 2. The van der Waals surface area contributed by atoms with Gasteiger partial charge in [0.05, 0.1) is 6.10 Å². The second-order valence-corrected chi connectivity index (χ2v) is 4.79. The van der Waals surface area contributed by atoms with Crippen molar-refractivity contribution in [3.63, 3.8) is 0 Å². The number of nitrogens with one attached hydrogen (secondary N) is 1.